The second kappa shape index (κ2) is 2.50. The summed E-state index contributed by atoms with van der Waals surface area (Å²) in [6.45, 7) is 2.45. The van der Waals surface area contributed by atoms with Gasteiger partial charge in [0.25, 0.3) is 0 Å². The van der Waals surface area contributed by atoms with Crippen molar-refractivity contribution in [3.8, 4) is 0 Å². The van der Waals surface area contributed by atoms with E-state index in [1.165, 1.54) is 13.8 Å². The minimum absolute atomic E-state index is 0.447. The summed E-state index contributed by atoms with van der Waals surface area (Å²) in [5, 5.41) is 0. The summed E-state index contributed by atoms with van der Waals surface area (Å²) in [7, 11) is 4.89. The van der Waals surface area contributed by atoms with Crippen LogP contribution < -0.4 is 0 Å². The molecule has 3 nitrogen and oxygen atoms in total. The van der Waals surface area contributed by atoms with E-state index < -0.39 is 11.8 Å². The second-order valence-corrected chi connectivity index (χ2v) is 1.41. The predicted octanol–water partition coefficient (Wildman–Crippen LogP) is -0.535. The molecule has 42 valence electrons. The van der Waals surface area contributed by atoms with Crippen LogP contribution in [0.1, 0.15) is 13.8 Å². The van der Waals surface area contributed by atoms with E-state index in [2.05, 4.69) is 0 Å². The van der Waals surface area contributed by atoms with Crippen LogP contribution in [0.4, 0.5) is 0 Å². The molecule has 0 rings (SSSR count). The number of nitrogens with zero attached hydrogens (tertiary/aromatic N) is 1. The molecule has 0 aliphatic carbocycles. The molecule has 0 aliphatic rings. The van der Waals surface area contributed by atoms with Gasteiger partial charge in [0.2, 0.25) is 19.8 Å². The molecule has 0 bridgehead atoms. The molecule has 0 spiro atoms. The van der Waals surface area contributed by atoms with Gasteiger partial charge in [-0.25, -0.2) is 0 Å². The largest absolute Gasteiger partial charge is 0.341 e. The molecule has 0 atom stereocenters. The molecule has 0 saturated carbocycles. The third kappa shape index (κ3) is 1.77. The van der Waals surface area contributed by atoms with Crippen molar-refractivity contribution in [2.45, 2.75) is 13.8 Å². The van der Waals surface area contributed by atoms with Gasteiger partial charge in [-0.05, 0) is 0 Å². The lowest BCUT2D eigenvalue weighted by Gasteiger charge is -2.08. The fourth-order valence-corrected chi connectivity index (χ4v) is 0.222. The Labute approximate surface area is 49.1 Å². The molecule has 0 heterocycles. The minimum atomic E-state index is -0.447. The number of hydrogen-bond acceptors (Lipinski definition) is 2. The van der Waals surface area contributed by atoms with Gasteiger partial charge in [0.1, 0.15) is 0 Å². The molecular formula is C4H6BNO2. The summed E-state index contributed by atoms with van der Waals surface area (Å²) in [5.74, 6) is -0.894. The molecule has 0 aromatic carbocycles. The van der Waals surface area contributed by atoms with Crippen LogP contribution in [0.3, 0.4) is 0 Å². The number of hydrogen-bond donors (Lipinski definition) is 0. The highest BCUT2D eigenvalue weighted by atomic mass is 16.2. The Morgan fingerprint density at radius 3 is 1.50 bits per heavy atom. The highest BCUT2D eigenvalue weighted by Gasteiger charge is 2.03. The molecular weight excluding hydrogens is 105 g/mol. The Balaban J connectivity index is 3.83. The quantitative estimate of drug-likeness (QED) is 0.394. The fraction of sp³-hybridized carbons (Fsp3) is 0.500. The SMILES string of the molecule is [B]N(C(C)=O)C(C)=O. The van der Waals surface area contributed by atoms with Gasteiger partial charge < -0.3 is 4.81 Å². The Morgan fingerprint density at radius 2 is 1.50 bits per heavy atom. The summed E-state index contributed by atoms with van der Waals surface area (Å²) in [5.41, 5.74) is 0. The first-order valence-corrected chi connectivity index (χ1v) is 2.11. The molecule has 0 N–H and O–H groups in total. The van der Waals surface area contributed by atoms with Crippen molar-refractivity contribution >= 4 is 19.8 Å². The summed E-state index contributed by atoms with van der Waals surface area (Å²) in [4.78, 5) is 20.9. The fourth-order valence-electron chi connectivity index (χ4n) is 0.222. The Kier molecular flexibility index (Phi) is 2.25. The van der Waals surface area contributed by atoms with Crippen molar-refractivity contribution in [3.63, 3.8) is 0 Å². The highest BCUT2D eigenvalue weighted by molar-refractivity contribution is 6.23. The van der Waals surface area contributed by atoms with Crippen LogP contribution in [0.15, 0.2) is 0 Å². The zero-order chi connectivity index (χ0) is 6.73. The molecule has 0 fully saturated rings. The number of imide groups is 1. The van der Waals surface area contributed by atoms with E-state index in [0.717, 1.165) is 0 Å². The monoisotopic (exact) mass is 111 g/mol. The van der Waals surface area contributed by atoms with Crippen molar-refractivity contribution in [3.05, 3.63) is 0 Å². The molecule has 2 radical (unpaired) electrons. The first-order chi connectivity index (χ1) is 3.55. The maximum absolute atomic E-state index is 10.2. The van der Waals surface area contributed by atoms with E-state index in [0.29, 0.717) is 4.81 Å². The van der Waals surface area contributed by atoms with Crippen LogP contribution in [0.25, 0.3) is 0 Å². The van der Waals surface area contributed by atoms with E-state index in [9.17, 15) is 9.59 Å². The maximum Gasteiger partial charge on any atom is 0.242 e. The molecule has 8 heavy (non-hydrogen) atoms. The van der Waals surface area contributed by atoms with Gasteiger partial charge in [0.15, 0.2) is 0 Å². The number of carbonyl (C=O) groups is 2. The van der Waals surface area contributed by atoms with Crippen LogP contribution in [-0.4, -0.2) is 24.6 Å². The van der Waals surface area contributed by atoms with Crippen molar-refractivity contribution in [2.75, 3.05) is 0 Å². The molecule has 0 aromatic rings. The van der Waals surface area contributed by atoms with E-state index in [-0.39, 0.29) is 0 Å². The molecule has 0 aromatic heterocycles. The lowest BCUT2D eigenvalue weighted by atomic mass is 10.3. The third-order valence-electron chi connectivity index (χ3n) is 0.679. The lowest BCUT2D eigenvalue weighted by molar-refractivity contribution is -0.135. The average Bonchev–Trinajstić information content (AvgIpc) is 1.64. The van der Waals surface area contributed by atoms with Gasteiger partial charge in [-0.2, -0.15) is 0 Å². The molecule has 0 saturated heterocycles. The van der Waals surface area contributed by atoms with Crippen LogP contribution in [0.2, 0.25) is 0 Å². The van der Waals surface area contributed by atoms with Crippen molar-refractivity contribution in [2.24, 2.45) is 0 Å². The van der Waals surface area contributed by atoms with E-state index >= 15 is 0 Å². The van der Waals surface area contributed by atoms with Crippen molar-refractivity contribution in [1.82, 2.24) is 4.81 Å². The normalized spacial score (nSPS) is 8.25. The Morgan fingerprint density at radius 1 is 1.25 bits per heavy atom. The van der Waals surface area contributed by atoms with E-state index in [1.54, 1.807) is 0 Å². The number of rotatable bonds is 0. The first-order valence-electron chi connectivity index (χ1n) is 2.11. The topological polar surface area (TPSA) is 37.4 Å². The van der Waals surface area contributed by atoms with E-state index in [1.807, 2.05) is 0 Å². The maximum atomic E-state index is 10.2. The Hall–Kier alpha value is -0.795. The van der Waals surface area contributed by atoms with Crippen molar-refractivity contribution in [1.29, 1.82) is 0 Å². The summed E-state index contributed by atoms with van der Waals surface area (Å²) in [6.07, 6.45) is 0. The predicted molar refractivity (Wildman–Crippen MR) is 29.0 cm³/mol. The lowest BCUT2D eigenvalue weighted by Crippen LogP contribution is -2.29. The van der Waals surface area contributed by atoms with Gasteiger partial charge in [-0.15, -0.1) is 0 Å². The van der Waals surface area contributed by atoms with Gasteiger partial charge in [0.05, 0.1) is 0 Å². The molecule has 4 heteroatoms. The zero-order valence-electron chi connectivity index (χ0n) is 4.84. The minimum Gasteiger partial charge on any atom is -0.341 e. The second-order valence-electron chi connectivity index (χ2n) is 1.41. The van der Waals surface area contributed by atoms with Crippen molar-refractivity contribution < 1.29 is 9.59 Å². The van der Waals surface area contributed by atoms with Gasteiger partial charge >= 0.3 is 0 Å². The number of amides is 2. The molecule has 0 unspecified atom stereocenters. The van der Waals surface area contributed by atoms with Crippen LogP contribution in [0.5, 0.6) is 0 Å². The third-order valence-corrected chi connectivity index (χ3v) is 0.679. The van der Waals surface area contributed by atoms with Crippen LogP contribution in [0, 0.1) is 0 Å². The molecule has 0 aliphatic heterocycles. The number of carbonyl (C=O) groups excluding carboxylic acids is 2. The zero-order valence-corrected chi connectivity index (χ0v) is 4.84. The Bertz CT molecular complexity index is 109. The van der Waals surface area contributed by atoms with Gasteiger partial charge in [-0.1, -0.05) is 0 Å². The summed E-state index contributed by atoms with van der Waals surface area (Å²) >= 11 is 0. The first kappa shape index (κ1) is 7.20. The highest BCUT2D eigenvalue weighted by Crippen LogP contribution is 1.80. The standard InChI is InChI=1S/C4H6BNO2/c1-3(7)6(5)4(2)8/h1-2H3. The smallest absolute Gasteiger partial charge is 0.242 e. The van der Waals surface area contributed by atoms with Crippen LogP contribution in [-0.2, 0) is 9.59 Å². The molecule has 2 amide bonds. The summed E-state index contributed by atoms with van der Waals surface area (Å²) < 4.78 is 0. The van der Waals surface area contributed by atoms with E-state index in [4.69, 9.17) is 7.98 Å². The van der Waals surface area contributed by atoms with Gasteiger partial charge in [-0.3, -0.25) is 9.59 Å². The van der Waals surface area contributed by atoms with Crippen LogP contribution >= 0.6 is 0 Å². The summed E-state index contributed by atoms with van der Waals surface area (Å²) in [6, 6.07) is 0. The average molecular weight is 111 g/mol. The van der Waals surface area contributed by atoms with Gasteiger partial charge in [0, 0.05) is 13.8 Å².